The molecule has 29 heavy (non-hydrogen) atoms. The van der Waals surface area contributed by atoms with Gasteiger partial charge in [-0.3, -0.25) is 5.43 Å². The molecule has 3 aromatic rings. The highest BCUT2D eigenvalue weighted by molar-refractivity contribution is 5.81. The first kappa shape index (κ1) is 20.5. The molecule has 0 aromatic heterocycles. The lowest BCUT2D eigenvalue weighted by Crippen LogP contribution is -2.38. The largest absolute Gasteiger partial charge is 0.365 e. The Morgan fingerprint density at radius 1 is 0.931 bits per heavy atom. The Hall–Kier alpha value is -3.27. The SMILES string of the molecule is CCCC(Nc1ccccc1)N(C)c1ccc(/C=N\Nc2cccc(C)c2)cc1. The third kappa shape index (κ3) is 6.11. The van der Waals surface area contributed by atoms with E-state index in [0.717, 1.165) is 29.8 Å². The summed E-state index contributed by atoms with van der Waals surface area (Å²) < 4.78 is 0. The molecule has 0 bridgehead atoms. The van der Waals surface area contributed by atoms with Crippen LogP contribution in [0.15, 0.2) is 84.0 Å². The number of para-hydroxylation sites is 1. The van der Waals surface area contributed by atoms with Crippen LogP contribution in [0.25, 0.3) is 0 Å². The van der Waals surface area contributed by atoms with E-state index in [9.17, 15) is 0 Å². The van der Waals surface area contributed by atoms with Crippen LogP contribution in [0.2, 0.25) is 0 Å². The molecule has 3 aromatic carbocycles. The second kappa shape index (κ2) is 10.3. The van der Waals surface area contributed by atoms with Gasteiger partial charge in [-0.05, 0) is 60.9 Å². The number of nitrogens with one attached hydrogen (secondary N) is 2. The zero-order valence-electron chi connectivity index (χ0n) is 17.5. The van der Waals surface area contributed by atoms with Gasteiger partial charge in [0.25, 0.3) is 0 Å². The summed E-state index contributed by atoms with van der Waals surface area (Å²) in [6.45, 7) is 4.29. The van der Waals surface area contributed by atoms with Crippen molar-refractivity contribution in [2.45, 2.75) is 32.9 Å². The van der Waals surface area contributed by atoms with Crippen molar-refractivity contribution in [3.8, 4) is 0 Å². The van der Waals surface area contributed by atoms with Crippen LogP contribution in [0, 0.1) is 6.92 Å². The Balaban J connectivity index is 1.63. The lowest BCUT2D eigenvalue weighted by molar-refractivity contribution is 0.628. The van der Waals surface area contributed by atoms with Gasteiger partial charge in [0.1, 0.15) is 0 Å². The first-order valence-corrected chi connectivity index (χ1v) is 10.2. The first-order chi connectivity index (χ1) is 14.2. The zero-order valence-corrected chi connectivity index (χ0v) is 17.5. The van der Waals surface area contributed by atoms with Crippen molar-refractivity contribution >= 4 is 23.3 Å². The van der Waals surface area contributed by atoms with E-state index in [0.29, 0.717) is 0 Å². The van der Waals surface area contributed by atoms with Crippen LogP contribution in [-0.2, 0) is 0 Å². The fourth-order valence-electron chi connectivity index (χ4n) is 3.23. The molecule has 0 aliphatic rings. The van der Waals surface area contributed by atoms with E-state index in [1.54, 1.807) is 0 Å². The van der Waals surface area contributed by atoms with Crippen LogP contribution in [0.5, 0.6) is 0 Å². The quantitative estimate of drug-likeness (QED) is 0.264. The Labute approximate surface area is 174 Å². The van der Waals surface area contributed by atoms with E-state index in [1.165, 1.54) is 11.3 Å². The average molecular weight is 387 g/mol. The Morgan fingerprint density at radius 2 is 1.66 bits per heavy atom. The van der Waals surface area contributed by atoms with Crippen LogP contribution in [0.4, 0.5) is 17.1 Å². The molecule has 4 nitrogen and oxygen atoms in total. The predicted molar refractivity (Wildman–Crippen MR) is 126 cm³/mol. The highest BCUT2D eigenvalue weighted by Gasteiger charge is 2.14. The van der Waals surface area contributed by atoms with Gasteiger partial charge in [-0.2, -0.15) is 5.10 Å². The molecule has 1 unspecified atom stereocenters. The maximum absolute atomic E-state index is 4.35. The molecule has 150 valence electrons. The van der Waals surface area contributed by atoms with Gasteiger partial charge in [-0.25, -0.2) is 0 Å². The summed E-state index contributed by atoms with van der Waals surface area (Å²) in [5.74, 6) is 0. The molecule has 0 spiro atoms. The minimum Gasteiger partial charge on any atom is -0.365 e. The summed E-state index contributed by atoms with van der Waals surface area (Å²) in [7, 11) is 2.14. The average Bonchev–Trinajstić information content (AvgIpc) is 2.74. The van der Waals surface area contributed by atoms with Crippen LogP contribution < -0.4 is 15.6 Å². The van der Waals surface area contributed by atoms with Crippen LogP contribution in [0.3, 0.4) is 0 Å². The van der Waals surface area contributed by atoms with E-state index in [1.807, 2.05) is 24.4 Å². The molecular formula is C25H30N4. The van der Waals surface area contributed by atoms with Gasteiger partial charge in [0, 0.05) is 18.4 Å². The summed E-state index contributed by atoms with van der Waals surface area (Å²) >= 11 is 0. The minimum atomic E-state index is 0.241. The summed E-state index contributed by atoms with van der Waals surface area (Å²) in [4.78, 5) is 2.29. The monoisotopic (exact) mass is 386 g/mol. The molecule has 0 radical (unpaired) electrons. The standard InChI is InChI=1S/C25H30N4/c1-4-9-25(27-22-11-6-5-7-12-22)29(3)24-16-14-21(15-17-24)19-26-28-23-13-8-10-20(2)18-23/h5-8,10-19,25,27-28H,4,9H2,1-3H3/b26-19-. The van der Waals surface area contributed by atoms with E-state index >= 15 is 0 Å². The number of aryl methyl sites for hydroxylation is 1. The molecule has 0 aliphatic carbocycles. The number of nitrogens with zero attached hydrogens (tertiary/aromatic N) is 2. The Bertz CT molecular complexity index is 904. The number of hydrazone groups is 1. The summed E-state index contributed by atoms with van der Waals surface area (Å²) in [5.41, 5.74) is 8.67. The van der Waals surface area contributed by atoms with Gasteiger partial charge in [-0.15, -0.1) is 0 Å². The van der Waals surface area contributed by atoms with Crippen molar-refractivity contribution in [3.63, 3.8) is 0 Å². The van der Waals surface area contributed by atoms with Crippen molar-refractivity contribution in [3.05, 3.63) is 90.0 Å². The van der Waals surface area contributed by atoms with Crippen molar-refractivity contribution in [2.75, 3.05) is 22.7 Å². The summed E-state index contributed by atoms with van der Waals surface area (Å²) in [6, 6.07) is 27.0. The van der Waals surface area contributed by atoms with Crippen LogP contribution >= 0.6 is 0 Å². The number of hydrogen-bond acceptors (Lipinski definition) is 4. The third-order valence-electron chi connectivity index (χ3n) is 4.86. The number of rotatable bonds is 9. The molecule has 0 amide bonds. The van der Waals surface area contributed by atoms with Crippen molar-refractivity contribution in [2.24, 2.45) is 5.10 Å². The topological polar surface area (TPSA) is 39.7 Å². The van der Waals surface area contributed by atoms with Gasteiger partial charge in [0.2, 0.25) is 0 Å². The second-order valence-corrected chi connectivity index (χ2v) is 7.26. The lowest BCUT2D eigenvalue weighted by Gasteiger charge is -2.31. The number of anilines is 3. The van der Waals surface area contributed by atoms with E-state index in [-0.39, 0.29) is 6.17 Å². The molecule has 4 heteroatoms. The van der Waals surface area contributed by atoms with Crippen molar-refractivity contribution < 1.29 is 0 Å². The normalized spacial score (nSPS) is 12.0. The van der Waals surface area contributed by atoms with Gasteiger partial charge in [-0.1, -0.05) is 55.8 Å². The molecular weight excluding hydrogens is 356 g/mol. The van der Waals surface area contributed by atoms with Crippen molar-refractivity contribution in [1.82, 2.24) is 0 Å². The van der Waals surface area contributed by atoms with Gasteiger partial charge in [0.15, 0.2) is 0 Å². The fraction of sp³-hybridized carbons (Fsp3) is 0.240. The van der Waals surface area contributed by atoms with Crippen LogP contribution in [-0.4, -0.2) is 19.4 Å². The molecule has 2 N–H and O–H groups in total. The molecule has 0 fully saturated rings. The predicted octanol–water partition coefficient (Wildman–Crippen LogP) is 6.12. The molecule has 0 saturated carbocycles. The zero-order chi connectivity index (χ0) is 20.5. The van der Waals surface area contributed by atoms with E-state index in [4.69, 9.17) is 0 Å². The third-order valence-corrected chi connectivity index (χ3v) is 4.86. The second-order valence-electron chi connectivity index (χ2n) is 7.26. The molecule has 0 heterocycles. The van der Waals surface area contributed by atoms with Gasteiger partial charge < -0.3 is 10.2 Å². The minimum absolute atomic E-state index is 0.241. The Morgan fingerprint density at radius 3 is 2.34 bits per heavy atom. The number of benzene rings is 3. The van der Waals surface area contributed by atoms with Crippen molar-refractivity contribution in [1.29, 1.82) is 0 Å². The smallest absolute Gasteiger partial charge is 0.0986 e. The van der Waals surface area contributed by atoms with E-state index < -0.39 is 0 Å². The first-order valence-electron chi connectivity index (χ1n) is 10.2. The van der Waals surface area contributed by atoms with E-state index in [2.05, 4.69) is 102 Å². The highest BCUT2D eigenvalue weighted by atomic mass is 15.3. The Kier molecular flexibility index (Phi) is 7.28. The molecule has 0 saturated heterocycles. The lowest BCUT2D eigenvalue weighted by atomic mass is 10.1. The highest BCUT2D eigenvalue weighted by Crippen LogP contribution is 2.20. The van der Waals surface area contributed by atoms with Gasteiger partial charge >= 0.3 is 0 Å². The molecule has 0 aliphatic heterocycles. The number of hydrogen-bond donors (Lipinski definition) is 2. The summed E-state index contributed by atoms with van der Waals surface area (Å²) in [5, 5.41) is 7.99. The maximum atomic E-state index is 4.35. The maximum Gasteiger partial charge on any atom is 0.0986 e. The molecule has 1 atom stereocenters. The van der Waals surface area contributed by atoms with Gasteiger partial charge in [0.05, 0.1) is 18.1 Å². The molecule has 3 rings (SSSR count). The fourth-order valence-corrected chi connectivity index (χ4v) is 3.23. The summed E-state index contributed by atoms with van der Waals surface area (Å²) in [6.07, 6.45) is 4.27. The van der Waals surface area contributed by atoms with Crippen LogP contribution in [0.1, 0.15) is 30.9 Å².